The van der Waals surface area contributed by atoms with Gasteiger partial charge in [0.25, 0.3) is 0 Å². The van der Waals surface area contributed by atoms with Crippen molar-refractivity contribution in [2.24, 2.45) is 4.99 Å². The van der Waals surface area contributed by atoms with Gasteiger partial charge in [-0.05, 0) is 23.8 Å². The summed E-state index contributed by atoms with van der Waals surface area (Å²) in [6.07, 6.45) is 3.51. The Kier molecular flexibility index (Phi) is 9.35. The minimum Gasteiger partial charge on any atom is -0.497 e. The molecule has 33 heavy (non-hydrogen) atoms. The zero-order valence-corrected chi connectivity index (χ0v) is 21.4. The van der Waals surface area contributed by atoms with Gasteiger partial charge in [0.05, 0.1) is 26.3 Å². The number of nitrogens with zero attached hydrogens (tertiary/aromatic N) is 4. The van der Waals surface area contributed by atoms with E-state index < -0.39 is 0 Å². The van der Waals surface area contributed by atoms with Gasteiger partial charge in [0, 0.05) is 31.5 Å². The van der Waals surface area contributed by atoms with E-state index in [1.807, 2.05) is 36.4 Å². The van der Waals surface area contributed by atoms with E-state index in [-0.39, 0.29) is 30.0 Å². The SMILES string of the molecule is CCc1nncn1CCNC(=NCc1cccc(OC)c1)NC1CCOc2ccccc21.I. The summed E-state index contributed by atoms with van der Waals surface area (Å²) >= 11 is 0. The molecule has 1 atom stereocenters. The summed E-state index contributed by atoms with van der Waals surface area (Å²) < 4.78 is 13.2. The van der Waals surface area contributed by atoms with E-state index in [0.717, 1.165) is 53.8 Å². The number of guanidine groups is 1. The Morgan fingerprint density at radius 2 is 2.12 bits per heavy atom. The van der Waals surface area contributed by atoms with Gasteiger partial charge in [0.1, 0.15) is 23.7 Å². The maximum Gasteiger partial charge on any atom is 0.192 e. The van der Waals surface area contributed by atoms with E-state index in [4.69, 9.17) is 14.5 Å². The van der Waals surface area contributed by atoms with E-state index in [0.29, 0.717) is 19.7 Å². The molecule has 1 aliphatic rings. The van der Waals surface area contributed by atoms with Crippen molar-refractivity contribution in [3.63, 3.8) is 0 Å². The molecule has 1 aromatic heterocycles. The van der Waals surface area contributed by atoms with Crippen molar-refractivity contribution < 1.29 is 9.47 Å². The second kappa shape index (κ2) is 12.4. The number of hydrogen-bond acceptors (Lipinski definition) is 5. The summed E-state index contributed by atoms with van der Waals surface area (Å²) in [7, 11) is 1.68. The first-order valence-electron chi connectivity index (χ1n) is 11.0. The van der Waals surface area contributed by atoms with Gasteiger partial charge >= 0.3 is 0 Å². The van der Waals surface area contributed by atoms with Crippen molar-refractivity contribution in [3.05, 3.63) is 71.8 Å². The van der Waals surface area contributed by atoms with Crippen LogP contribution in [0.4, 0.5) is 0 Å². The summed E-state index contributed by atoms with van der Waals surface area (Å²) in [5.74, 6) is 3.51. The smallest absolute Gasteiger partial charge is 0.192 e. The predicted octanol–water partition coefficient (Wildman–Crippen LogP) is 3.73. The van der Waals surface area contributed by atoms with Gasteiger partial charge in [-0.3, -0.25) is 0 Å². The molecule has 2 aromatic carbocycles. The van der Waals surface area contributed by atoms with E-state index in [1.54, 1.807) is 13.4 Å². The van der Waals surface area contributed by atoms with E-state index in [1.165, 1.54) is 0 Å². The first kappa shape index (κ1) is 24.8. The number of aryl methyl sites for hydroxylation is 1. The highest BCUT2D eigenvalue weighted by Crippen LogP contribution is 2.31. The fraction of sp³-hybridized carbons (Fsp3) is 0.375. The molecule has 0 spiro atoms. The molecule has 0 saturated carbocycles. The lowest BCUT2D eigenvalue weighted by Crippen LogP contribution is -2.42. The monoisotopic (exact) mass is 562 g/mol. The first-order chi connectivity index (χ1) is 15.8. The third-order valence-corrected chi connectivity index (χ3v) is 5.48. The third-order valence-electron chi connectivity index (χ3n) is 5.48. The minimum atomic E-state index is 0. The highest BCUT2D eigenvalue weighted by molar-refractivity contribution is 14.0. The first-order valence-corrected chi connectivity index (χ1v) is 11.0. The minimum absolute atomic E-state index is 0. The molecule has 1 unspecified atom stereocenters. The van der Waals surface area contributed by atoms with Gasteiger partial charge in [0.15, 0.2) is 5.96 Å². The van der Waals surface area contributed by atoms with Gasteiger partial charge in [-0.2, -0.15) is 0 Å². The van der Waals surface area contributed by atoms with Gasteiger partial charge in [0.2, 0.25) is 0 Å². The van der Waals surface area contributed by atoms with Gasteiger partial charge in [-0.15, -0.1) is 34.2 Å². The Morgan fingerprint density at radius 1 is 1.24 bits per heavy atom. The number of nitrogens with one attached hydrogen (secondary N) is 2. The quantitative estimate of drug-likeness (QED) is 0.247. The van der Waals surface area contributed by atoms with Crippen LogP contribution in [0, 0.1) is 0 Å². The number of rotatable bonds is 8. The second-order valence-electron chi connectivity index (χ2n) is 7.61. The van der Waals surface area contributed by atoms with Crippen LogP contribution < -0.4 is 20.1 Å². The summed E-state index contributed by atoms with van der Waals surface area (Å²) in [5, 5.41) is 15.3. The molecule has 2 N–H and O–H groups in total. The lowest BCUT2D eigenvalue weighted by atomic mass is 10.0. The Labute approximate surface area is 211 Å². The van der Waals surface area contributed by atoms with E-state index in [9.17, 15) is 0 Å². The normalized spacial score (nSPS) is 15.1. The van der Waals surface area contributed by atoms with Crippen LogP contribution >= 0.6 is 24.0 Å². The van der Waals surface area contributed by atoms with Crippen LogP contribution in [0.15, 0.2) is 59.9 Å². The van der Waals surface area contributed by atoms with Crippen molar-refractivity contribution in [1.29, 1.82) is 0 Å². The average molecular weight is 562 g/mol. The molecule has 2 heterocycles. The van der Waals surface area contributed by atoms with Gasteiger partial charge in [-0.25, -0.2) is 4.99 Å². The van der Waals surface area contributed by atoms with Gasteiger partial charge in [-0.1, -0.05) is 37.3 Å². The number of ether oxygens (including phenoxy) is 2. The Morgan fingerprint density at radius 3 is 2.97 bits per heavy atom. The van der Waals surface area contributed by atoms with Crippen LogP contribution in [-0.4, -0.2) is 41.0 Å². The molecule has 176 valence electrons. The molecule has 0 fully saturated rings. The summed E-state index contributed by atoms with van der Waals surface area (Å²) in [4.78, 5) is 4.86. The number of para-hydroxylation sites is 1. The van der Waals surface area contributed by atoms with Crippen LogP contribution in [-0.2, 0) is 19.5 Å². The molecule has 0 aliphatic carbocycles. The van der Waals surface area contributed by atoms with Crippen molar-refractivity contribution in [3.8, 4) is 11.5 Å². The maximum atomic E-state index is 5.81. The molecule has 0 amide bonds. The molecule has 0 bridgehead atoms. The highest BCUT2D eigenvalue weighted by Gasteiger charge is 2.22. The number of fused-ring (bicyclic) bond motifs is 1. The number of methoxy groups -OCH3 is 1. The lowest BCUT2D eigenvalue weighted by Gasteiger charge is -2.28. The largest absolute Gasteiger partial charge is 0.497 e. The number of hydrogen-bond donors (Lipinski definition) is 2. The predicted molar refractivity (Wildman–Crippen MR) is 139 cm³/mol. The second-order valence-corrected chi connectivity index (χ2v) is 7.61. The topological polar surface area (TPSA) is 85.6 Å². The molecule has 0 saturated heterocycles. The van der Waals surface area contributed by atoms with E-state index in [2.05, 4.69) is 44.5 Å². The molecule has 1 aliphatic heterocycles. The number of halogens is 1. The molecule has 4 rings (SSSR count). The molecule has 3 aromatic rings. The van der Waals surface area contributed by atoms with Crippen LogP contribution in [0.5, 0.6) is 11.5 Å². The van der Waals surface area contributed by atoms with Crippen molar-refractivity contribution in [2.75, 3.05) is 20.3 Å². The van der Waals surface area contributed by atoms with Gasteiger partial charge < -0.3 is 24.7 Å². The molecular formula is C24H31IN6O2. The fourth-order valence-electron chi connectivity index (χ4n) is 3.79. The van der Waals surface area contributed by atoms with Crippen molar-refractivity contribution in [1.82, 2.24) is 25.4 Å². The standard InChI is InChI=1S/C24H30N6O2.HI/c1-3-23-29-27-17-30(23)13-12-25-24(26-16-18-7-6-8-19(15-18)31-2)28-21-11-14-32-22-10-5-4-9-20(21)22;/h4-10,15,17,21H,3,11-14,16H2,1-2H3,(H2,25,26,28);1H. The molecule has 8 nitrogen and oxygen atoms in total. The third kappa shape index (κ3) is 6.59. The Bertz CT molecular complexity index is 1050. The highest BCUT2D eigenvalue weighted by atomic mass is 127. The molecule has 0 radical (unpaired) electrons. The summed E-state index contributed by atoms with van der Waals surface area (Å²) in [5.41, 5.74) is 2.24. The Balaban J connectivity index is 0.00000306. The van der Waals surface area contributed by atoms with Crippen LogP contribution in [0.2, 0.25) is 0 Å². The zero-order chi connectivity index (χ0) is 22.2. The van der Waals surface area contributed by atoms with Crippen LogP contribution in [0.3, 0.4) is 0 Å². The summed E-state index contributed by atoms with van der Waals surface area (Å²) in [6, 6.07) is 16.3. The van der Waals surface area contributed by atoms with Crippen molar-refractivity contribution in [2.45, 2.75) is 38.9 Å². The summed E-state index contributed by atoms with van der Waals surface area (Å²) in [6.45, 7) is 4.78. The van der Waals surface area contributed by atoms with Crippen LogP contribution in [0.25, 0.3) is 0 Å². The number of aromatic nitrogens is 3. The average Bonchev–Trinajstić information content (AvgIpc) is 3.30. The number of benzene rings is 2. The molecule has 9 heteroatoms. The van der Waals surface area contributed by atoms with Crippen molar-refractivity contribution >= 4 is 29.9 Å². The molecular weight excluding hydrogens is 531 g/mol. The van der Waals surface area contributed by atoms with E-state index >= 15 is 0 Å². The number of aliphatic imine (C=N–C) groups is 1. The fourth-order valence-corrected chi connectivity index (χ4v) is 3.79. The van der Waals surface area contributed by atoms with Crippen LogP contribution in [0.1, 0.15) is 36.3 Å². The maximum absolute atomic E-state index is 5.81. The Hall–Kier alpha value is -2.82. The lowest BCUT2D eigenvalue weighted by molar-refractivity contribution is 0.261. The zero-order valence-electron chi connectivity index (χ0n) is 19.0.